The van der Waals surface area contributed by atoms with Gasteiger partial charge in [0, 0.05) is 17.6 Å². The molecule has 0 fully saturated rings. The van der Waals surface area contributed by atoms with E-state index in [1.807, 2.05) is 86.5 Å². The molecule has 0 radical (unpaired) electrons. The summed E-state index contributed by atoms with van der Waals surface area (Å²) in [5.74, 6) is 1.38. The fourth-order valence-corrected chi connectivity index (χ4v) is 3.28. The monoisotopic (exact) mass is 392 g/mol. The van der Waals surface area contributed by atoms with Crippen molar-refractivity contribution >= 4 is 22.4 Å². The number of anilines is 1. The van der Waals surface area contributed by atoms with Gasteiger partial charge in [-0.15, -0.1) is 0 Å². The van der Waals surface area contributed by atoms with Crippen LogP contribution in [-0.2, 0) is 11.3 Å². The quantitative estimate of drug-likeness (QED) is 0.603. The first-order valence-electron chi connectivity index (χ1n) is 9.82. The van der Waals surface area contributed by atoms with Crippen LogP contribution in [0.2, 0.25) is 0 Å². The maximum Gasteiger partial charge on any atom is 0.241 e. The number of methoxy groups -OCH3 is 1. The van der Waals surface area contributed by atoms with Crippen molar-refractivity contribution < 1.29 is 14.3 Å². The van der Waals surface area contributed by atoms with Gasteiger partial charge >= 0.3 is 0 Å². The molecule has 0 aliphatic heterocycles. The first-order chi connectivity index (χ1) is 14.0. The molecule has 0 saturated carbocycles. The van der Waals surface area contributed by atoms with Gasteiger partial charge in [-0.2, -0.15) is 0 Å². The van der Waals surface area contributed by atoms with E-state index < -0.39 is 0 Å². The number of carbonyl (C=O) groups excluding carboxylic acids is 1. The minimum absolute atomic E-state index is 0.0400. The van der Waals surface area contributed by atoms with E-state index >= 15 is 0 Å². The predicted octanol–water partition coefficient (Wildman–Crippen LogP) is 4.71. The van der Waals surface area contributed by atoms with Crippen LogP contribution < -0.4 is 14.8 Å². The summed E-state index contributed by atoms with van der Waals surface area (Å²) >= 11 is 0. The highest BCUT2D eigenvalue weighted by Gasteiger charge is 2.19. The Kier molecular flexibility index (Phi) is 6.73. The lowest BCUT2D eigenvalue weighted by Gasteiger charge is -2.24. The molecule has 0 aliphatic carbocycles. The van der Waals surface area contributed by atoms with E-state index in [2.05, 4.69) is 5.32 Å². The van der Waals surface area contributed by atoms with Crippen molar-refractivity contribution in [3.63, 3.8) is 0 Å². The van der Waals surface area contributed by atoms with E-state index in [1.54, 1.807) is 7.11 Å². The Morgan fingerprint density at radius 2 is 1.83 bits per heavy atom. The summed E-state index contributed by atoms with van der Waals surface area (Å²) in [5.41, 5.74) is 1.88. The van der Waals surface area contributed by atoms with Crippen molar-refractivity contribution in [2.75, 3.05) is 26.1 Å². The lowest BCUT2D eigenvalue weighted by molar-refractivity contribution is -0.120. The molecular weight excluding hydrogens is 364 g/mol. The first kappa shape index (κ1) is 20.7. The minimum atomic E-state index is -0.300. The van der Waals surface area contributed by atoms with Gasteiger partial charge < -0.3 is 14.8 Å². The van der Waals surface area contributed by atoms with Gasteiger partial charge in [0.2, 0.25) is 5.91 Å². The number of hydrogen-bond acceptors (Lipinski definition) is 4. The average Bonchev–Trinajstić information content (AvgIpc) is 2.74. The maximum atomic E-state index is 12.9. The fraction of sp³-hybridized carbons (Fsp3) is 0.292. The van der Waals surface area contributed by atoms with Gasteiger partial charge in [0.15, 0.2) is 11.5 Å². The van der Waals surface area contributed by atoms with Gasteiger partial charge in [0.05, 0.1) is 19.8 Å². The number of ether oxygens (including phenoxy) is 2. The number of nitrogens with one attached hydrogen (secondary N) is 1. The molecule has 1 atom stereocenters. The zero-order valence-corrected chi connectivity index (χ0v) is 17.4. The molecule has 3 aromatic rings. The number of nitrogens with zero attached hydrogens (tertiary/aromatic N) is 1. The van der Waals surface area contributed by atoms with Crippen molar-refractivity contribution in [2.24, 2.45) is 0 Å². The number of fused-ring (bicyclic) bond motifs is 1. The highest BCUT2D eigenvalue weighted by molar-refractivity contribution is 6.03. The van der Waals surface area contributed by atoms with E-state index in [0.717, 1.165) is 27.8 Å². The van der Waals surface area contributed by atoms with Crippen molar-refractivity contribution in [1.82, 2.24) is 4.90 Å². The number of benzene rings is 3. The average molecular weight is 392 g/mol. The second-order valence-electron chi connectivity index (χ2n) is 7.03. The van der Waals surface area contributed by atoms with Crippen LogP contribution in [0, 0.1) is 0 Å². The molecule has 0 aliphatic rings. The van der Waals surface area contributed by atoms with Crippen LogP contribution in [0.15, 0.2) is 60.7 Å². The summed E-state index contributed by atoms with van der Waals surface area (Å²) in [6, 6.07) is 19.5. The molecule has 0 bridgehead atoms. The number of rotatable bonds is 8. The van der Waals surface area contributed by atoms with Crippen molar-refractivity contribution in [1.29, 1.82) is 0 Å². The Hall–Kier alpha value is -3.05. The molecule has 5 nitrogen and oxygen atoms in total. The number of likely N-dealkylation sites (N-methyl/N-ethyl adjacent to an activating group) is 1. The molecule has 1 N–H and O–H groups in total. The minimum Gasteiger partial charge on any atom is -0.493 e. The third-order valence-electron chi connectivity index (χ3n) is 5.05. The summed E-state index contributed by atoms with van der Waals surface area (Å²) < 4.78 is 11.0. The third kappa shape index (κ3) is 4.87. The van der Waals surface area contributed by atoms with Gasteiger partial charge in [0.1, 0.15) is 0 Å². The fourth-order valence-electron chi connectivity index (χ4n) is 3.28. The summed E-state index contributed by atoms with van der Waals surface area (Å²) in [6.07, 6.45) is 0. The Morgan fingerprint density at radius 1 is 1.07 bits per heavy atom. The molecule has 0 aromatic heterocycles. The third-order valence-corrected chi connectivity index (χ3v) is 5.05. The second-order valence-corrected chi connectivity index (χ2v) is 7.03. The molecule has 0 saturated heterocycles. The van der Waals surface area contributed by atoms with Gasteiger partial charge in [-0.05, 0) is 50.0 Å². The van der Waals surface area contributed by atoms with Crippen LogP contribution in [0.1, 0.15) is 19.4 Å². The largest absolute Gasteiger partial charge is 0.493 e. The Morgan fingerprint density at radius 3 is 2.59 bits per heavy atom. The zero-order valence-electron chi connectivity index (χ0n) is 17.4. The van der Waals surface area contributed by atoms with Crippen LogP contribution in [0.4, 0.5) is 5.69 Å². The summed E-state index contributed by atoms with van der Waals surface area (Å²) in [4.78, 5) is 14.9. The predicted molar refractivity (Wildman–Crippen MR) is 118 cm³/mol. The van der Waals surface area contributed by atoms with Crippen LogP contribution in [0.25, 0.3) is 10.8 Å². The van der Waals surface area contributed by atoms with E-state index in [4.69, 9.17) is 9.47 Å². The van der Waals surface area contributed by atoms with Crippen molar-refractivity contribution in [3.8, 4) is 11.5 Å². The van der Waals surface area contributed by atoms with Crippen LogP contribution in [-0.4, -0.2) is 37.6 Å². The number of amides is 1. The molecule has 29 heavy (non-hydrogen) atoms. The highest BCUT2D eigenvalue weighted by atomic mass is 16.5. The Balaban J connectivity index is 1.69. The van der Waals surface area contributed by atoms with Crippen LogP contribution >= 0.6 is 0 Å². The van der Waals surface area contributed by atoms with E-state index in [9.17, 15) is 4.79 Å². The standard InChI is InChI=1S/C24H28N2O3/c1-5-29-22-14-13-18(15-23(22)28-4)16-26(3)17(2)24(27)25-21-12-8-10-19-9-6-7-11-20(19)21/h6-15,17H,5,16H2,1-4H3,(H,25,27)/t17-/m1/s1. The molecule has 3 aromatic carbocycles. The van der Waals surface area contributed by atoms with Crippen LogP contribution in [0.3, 0.4) is 0 Å². The maximum absolute atomic E-state index is 12.9. The number of carbonyl (C=O) groups is 1. The van der Waals surface area contributed by atoms with E-state index in [1.165, 1.54) is 0 Å². The topological polar surface area (TPSA) is 50.8 Å². The molecule has 152 valence electrons. The summed E-state index contributed by atoms with van der Waals surface area (Å²) in [7, 11) is 3.57. The highest BCUT2D eigenvalue weighted by Crippen LogP contribution is 2.29. The lowest BCUT2D eigenvalue weighted by Crippen LogP contribution is -2.39. The second kappa shape index (κ2) is 9.43. The normalized spacial score (nSPS) is 12.0. The molecule has 1 amide bonds. The van der Waals surface area contributed by atoms with Crippen molar-refractivity contribution in [3.05, 3.63) is 66.2 Å². The molecule has 0 unspecified atom stereocenters. The van der Waals surface area contributed by atoms with Crippen LogP contribution in [0.5, 0.6) is 11.5 Å². The smallest absolute Gasteiger partial charge is 0.241 e. The molecule has 5 heteroatoms. The molecule has 0 heterocycles. The molecule has 3 rings (SSSR count). The molecule has 0 spiro atoms. The summed E-state index contributed by atoms with van der Waals surface area (Å²) in [5, 5.41) is 5.22. The van der Waals surface area contributed by atoms with Crippen molar-refractivity contribution in [2.45, 2.75) is 26.4 Å². The Labute approximate surface area is 172 Å². The first-order valence-corrected chi connectivity index (χ1v) is 9.82. The van der Waals surface area contributed by atoms with Gasteiger partial charge in [-0.3, -0.25) is 9.69 Å². The SMILES string of the molecule is CCOc1ccc(CN(C)[C@H](C)C(=O)Nc2cccc3ccccc23)cc1OC. The van der Waals surface area contributed by atoms with E-state index in [0.29, 0.717) is 18.9 Å². The van der Waals surface area contributed by atoms with E-state index in [-0.39, 0.29) is 11.9 Å². The zero-order chi connectivity index (χ0) is 20.8. The number of hydrogen-bond donors (Lipinski definition) is 1. The van der Waals surface area contributed by atoms with Gasteiger partial charge in [-0.25, -0.2) is 0 Å². The summed E-state index contributed by atoms with van der Waals surface area (Å²) in [6.45, 7) is 5.05. The van der Waals surface area contributed by atoms with Gasteiger partial charge in [0.25, 0.3) is 0 Å². The molecular formula is C24H28N2O3. The van der Waals surface area contributed by atoms with Gasteiger partial charge in [-0.1, -0.05) is 42.5 Å². The lowest BCUT2D eigenvalue weighted by atomic mass is 10.1. The Bertz CT molecular complexity index is 982.